The Morgan fingerprint density at radius 2 is 1.79 bits per heavy atom. The van der Waals surface area contributed by atoms with Gasteiger partial charge >= 0.3 is 5.97 Å². The van der Waals surface area contributed by atoms with Gasteiger partial charge in [0, 0.05) is 35.3 Å². The van der Waals surface area contributed by atoms with E-state index in [1.54, 1.807) is 11.8 Å². The molecule has 8 nitrogen and oxygen atoms in total. The van der Waals surface area contributed by atoms with E-state index in [1.165, 1.54) is 30.0 Å². The van der Waals surface area contributed by atoms with Crippen molar-refractivity contribution in [2.24, 2.45) is 5.41 Å². The molecule has 10 heteroatoms. The van der Waals surface area contributed by atoms with Crippen molar-refractivity contribution in [1.29, 1.82) is 0 Å². The van der Waals surface area contributed by atoms with Crippen LogP contribution in [-0.4, -0.2) is 41.7 Å². The minimum atomic E-state index is -0.644. The van der Waals surface area contributed by atoms with E-state index in [0.717, 1.165) is 20.9 Å². The summed E-state index contributed by atoms with van der Waals surface area (Å²) < 4.78 is 5.36. The van der Waals surface area contributed by atoms with Crippen molar-refractivity contribution in [1.82, 2.24) is 4.90 Å². The predicted molar refractivity (Wildman–Crippen MR) is 168 cm³/mol. The van der Waals surface area contributed by atoms with Gasteiger partial charge in [-0.1, -0.05) is 57.2 Å². The Morgan fingerprint density at radius 3 is 2.45 bits per heavy atom. The summed E-state index contributed by atoms with van der Waals surface area (Å²) in [4.78, 5) is 55.0. The van der Waals surface area contributed by atoms with Crippen LogP contribution in [0.3, 0.4) is 0 Å². The van der Waals surface area contributed by atoms with Gasteiger partial charge in [0.15, 0.2) is 0 Å². The third-order valence-electron chi connectivity index (χ3n) is 6.62. The Hall–Kier alpha value is -3.63. The first-order chi connectivity index (χ1) is 19.9. The molecule has 3 aromatic rings. The first kappa shape index (κ1) is 31.3. The summed E-state index contributed by atoms with van der Waals surface area (Å²) in [5.74, 6) is -0.877. The number of rotatable bonds is 9. The molecule has 3 amide bonds. The van der Waals surface area contributed by atoms with Gasteiger partial charge < -0.3 is 20.3 Å². The second-order valence-corrected chi connectivity index (χ2v) is 13.6. The number of amides is 3. The number of anilines is 2. The van der Waals surface area contributed by atoms with E-state index in [9.17, 15) is 19.2 Å². The lowest BCUT2D eigenvalue weighted by molar-refractivity contribution is -0.129. The number of esters is 1. The van der Waals surface area contributed by atoms with Crippen LogP contribution in [-0.2, 0) is 32.1 Å². The van der Waals surface area contributed by atoms with E-state index in [4.69, 9.17) is 4.74 Å². The minimum absolute atomic E-state index is 0.0327. The summed E-state index contributed by atoms with van der Waals surface area (Å²) in [5, 5.41) is 5.77. The Kier molecular flexibility index (Phi) is 10.1. The van der Waals surface area contributed by atoms with Crippen molar-refractivity contribution in [3.8, 4) is 0 Å². The van der Waals surface area contributed by atoms with E-state index >= 15 is 0 Å². The maximum atomic E-state index is 13.9. The highest BCUT2D eigenvalue weighted by atomic mass is 32.2. The summed E-state index contributed by atoms with van der Waals surface area (Å²) in [7, 11) is 0. The molecule has 1 aliphatic rings. The third kappa shape index (κ3) is 8.01. The monoisotopic (exact) mass is 607 g/mol. The van der Waals surface area contributed by atoms with E-state index in [-0.39, 0.29) is 29.7 Å². The molecule has 0 saturated carbocycles. The number of nitrogens with one attached hydrogen (secondary N) is 2. The topological polar surface area (TPSA) is 105 Å². The van der Waals surface area contributed by atoms with Crippen LogP contribution in [0.4, 0.5) is 10.7 Å². The summed E-state index contributed by atoms with van der Waals surface area (Å²) in [6.07, 6.45) is 0.900. The number of benzene rings is 2. The lowest BCUT2D eigenvalue weighted by Crippen LogP contribution is -2.34. The molecule has 0 spiro atoms. The van der Waals surface area contributed by atoms with Crippen molar-refractivity contribution in [2.45, 2.75) is 64.2 Å². The molecule has 222 valence electrons. The highest BCUT2D eigenvalue weighted by molar-refractivity contribution is 8.00. The molecule has 0 aliphatic carbocycles. The van der Waals surface area contributed by atoms with Crippen LogP contribution in [0.15, 0.2) is 59.5 Å². The highest BCUT2D eigenvalue weighted by Gasteiger charge is 2.32. The third-order valence-corrected chi connectivity index (χ3v) is 9.00. The molecule has 42 heavy (non-hydrogen) atoms. The van der Waals surface area contributed by atoms with Crippen molar-refractivity contribution < 1.29 is 23.9 Å². The van der Waals surface area contributed by atoms with Gasteiger partial charge in [-0.2, -0.15) is 0 Å². The molecule has 0 saturated heterocycles. The first-order valence-corrected chi connectivity index (χ1v) is 15.6. The van der Waals surface area contributed by atoms with Gasteiger partial charge in [-0.05, 0) is 48.1 Å². The molecule has 4 rings (SSSR count). The second-order valence-electron chi connectivity index (χ2n) is 11.3. The normalized spacial score (nSPS) is 13.6. The van der Waals surface area contributed by atoms with Crippen LogP contribution in [0.1, 0.15) is 72.7 Å². The summed E-state index contributed by atoms with van der Waals surface area (Å²) in [5.41, 5.74) is 2.51. The molecular weight excluding hydrogens is 571 g/mol. The SMILES string of the molecule is CCOC(=O)c1c(NC(=O)C(Sc2cccc(NC(=O)CC(C)(C)C)c2)c2ccccc2)sc2c1CCN(C(C)=O)C2. The first-order valence-electron chi connectivity index (χ1n) is 13.9. The molecule has 0 fully saturated rings. The van der Waals surface area contributed by atoms with Crippen LogP contribution in [0.5, 0.6) is 0 Å². The van der Waals surface area contributed by atoms with Crippen LogP contribution in [0.2, 0.25) is 0 Å². The quantitative estimate of drug-likeness (QED) is 0.208. The lowest BCUT2D eigenvalue weighted by Gasteiger charge is -2.25. The second kappa shape index (κ2) is 13.6. The van der Waals surface area contributed by atoms with Crippen LogP contribution >= 0.6 is 23.1 Å². The standard InChI is InChI=1S/C32H37N3O5S2/c1-6-40-31(39)27-24-15-16-35(20(2)36)19-25(24)42-30(27)34-29(38)28(21-11-8-7-9-12-21)41-23-14-10-13-22(17-23)33-26(37)18-32(3,4)5/h7-14,17,28H,6,15-16,18-19H2,1-5H3,(H,33,37)(H,34,38). The number of carbonyl (C=O) groups is 4. The van der Waals surface area contributed by atoms with Gasteiger partial charge in [0.2, 0.25) is 17.7 Å². The molecule has 0 radical (unpaired) electrons. The largest absolute Gasteiger partial charge is 0.462 e. The Bertz CT molecular complexity index is 1460. The fraction of sp³-hybridized carbons (Fsp3) is 0.375. The summed E-state index contributed by atoms with van der Waals surface area (Å²) in [6, 6.07) is 16.9. The Labute approximate surface area is 255 Å². The highest BCUT2D eigenvalue weighted by Crippen LogP contribution is 2.41. The molecule has 1 atom stereocenters. The fourth-order valence-electron chi connectivity index (χ4n) is 4.73. The van der Waals surface area contributed by atoms with E-state index in [2.05, 4.69) is 10.6 Å². The van der Waals surface area contributed by atoms with E-state index in [0.29, 0.717) is 42.2 Å². The van der Waals surface area contributed by atoms with Gasteiger partial charge in [0.25, 0.3) is 0 Å². The summed E-state index contributed by atoms with van der Waals surface area (Å²) in [6.45, 7) is 10.4. The number of carbonyl (C=O) groups excluding carboxylic acids is 4. The smallest absolute Gasteiger partial charge is 0.341 e. The molecule has 1 aromatic heterocycles. The van der Waals surface area contributed by atoms with Crippen molar-refractivity contribution in [2.75, 3.05) is 23.8 Å². The lowest BCUT2D eigenvalue weighted by atomic mass is 9.92. The maximum absolute atomic E-state index is 13.9. The molecule has 1 aliphatic heterocycles. The average Bonchev–Trinajstić information content (AvgIpc) is 3.28. The van der Waals surface area contributed by atoms with Crippen LogP contribution in [0.25, 0.3) is 0 Å². The van der Waals surface area contributed by atoms with Gasteiger partial charge in [0.1, 0.15) is 10.3 Å². The zero-order chi connectivity index (χ0) is 30.4. The fourth-order valence-corrected chi connectivity index (χ4v) is 7.07. The molecule has 1 unspecified atom stereocenters. The Morgan fingerprint density at radius 1 is 1.05 bits per heavy atom. The molecular formula is C32H37N3O5S2. The number of thiophene rings is 1. The van der Waals surface area contributed by atoms with Crippen molar-refractivity contribution in [3.63, 3.8) is 0 Å². The number of hydrogen-bond acceptors (Lipinski definition) is 7. The number of fused-ring (bicyclic) bond motifs is 1. The molecule has 0 bridgehead atoms. The van der Waals surface area contributed by atoms with Crippen LogP contribution < -0.4 is 10.6 Å². The molecule has 2 aromatic carbocycles. The van der Waals surface area contributed by atoms with Crippen molar-refractivity contribution in [3.05, 3.63) is 76.2 Å². The zero-order valence-electron chi connectivity index (χ0n) is 24.6. The number of nitrogens with zero attached hydrogens (tertiary/aromatic N) is 1. The van der Waals surface area contributed by atoms with Gasteiger partial charge in [0.05, 0.1) is 18.7 Å². The molecule has 2 N–H and O–H groups in total. The van der Waals surface area contributed by atoms with E-state index < -0.39 is 11.2 Å². The summed E-state index contributed by atoms with van der Waals surface area (Å²) >= 11 is 2.67. The zero-order valence-corrected chi connectivity index (χ0v) is 26.2. The predicted octanol–water partition coefficient (Wildman–Crippen LogP) is 6.68. The molecule has 2 heterocycles. The van der Waals surface area contributed by atoms with Gasteiger partial charge in [-0.25, -0.2) is 4.79 Å². The van der Waals surface area contributed by atoms with Gasteiger partial charge in [-0.15, -0.1) is 23.1 Å². The Balaban J connectivity index is 1.62. The van der Waals surface area contributed by atoms with Crippen LogP contribution in [0, 0.1) is 5.41 Å². The van der Waals surface area contributed by atoms with Crippen molar-refractivity contribution >= 4 is 57.5 Å². The maximum Gasteiger partial charge on any atom is 0.341 e. The average molecular weight is 608 g/mol. The minimum Gasteiger partial charge on any atom is -0.462 e. The number of ether oxygens (including phenoxy) is 1. The van der Waals surface area contributed by atoms with Gasteiger partial charge in [-0.3, -0.25) is 14.4 Å². The van der Waals surface area contributed by atoms with E-state index in [1.807, 2.05) is 75.4 Å². The number of hydrogen-bond donors (Lipinski definition) is 2. The number of thioether (sulfide) groups is 1.